The fourth-order valence-electron chi connectivity index (χ4n) is 3.55. The molecule has 7 nitrogen and oxygen atoms in total. The predicted molar refractivity (Wildman–Crippen MR) is 143 cm³/mol. The van der Waals surface area contributed by atoms with Gasteiger partial charge in [0.25, 0.3) is 11.1 Å². The van der Waals surface area contributed by atoms with Crippen molar-refractivity contribution >= 4 is 55.0 Å². The molecular formula is C26H16BrF6NO6S2. The number of hydrogen-bond donors (Lipinski definition) is 1. The Morgan fingerprint density at radius 3 is 2.02 bits per heavy atom. The van der Waals surface area contributed by atoms with E-state index in [1.54, 1.807) is 6.92 Å². The van der Waals surface area contributed by atoms with Gasteiger partial charge in [0.2, 0.25) is 0 Å². The number of carbonyl (C=O) groups is 2. The van der Waals surface area contributed by atoms with Crippen LogP contribution in [0.5, 0.6) is 11.5 Å². The summed E-state index contributed by atoms with van der Waals surface area (Å²) in [5.74, 6) is -1.38. The molecule has 0 unspecified atom stereocenters. The van der Waals surface area contributed by atoms with Gasteiger partial charge in [-0.2, -0.15) is 34.8 Å². The molecule has 0 aliphatic carbocycles. The van der Waals surface area contributed by atoms with Crippen molar-refractivity contribution in [2.75, 3.05) is 0 Å². The highest BCUT2D eigenvalue weighted by molar-refractivity contribution is 9.10. The first-order valence-electron chi connectivity index (χ1n) is 11.4. The summed E-state index contributed by atoms with van der Waals surface area (Å²) in [6, 6.07) is 8.85. The van der Waals surface area contributed by atoms with E-state index < -0.39 is 56.9 Å². The summed E-state index contributed by atoms with van der Waals surface area (Å²) in [6.45, 7) is 0.913. The van der Waals surface area contributed by atoms with E-state index in [0.29, 0.717) is 23.9 Å². The van der Waals surface area contributed by atoms with Gasteiger partial charge in [-0.1, -0.05) is 17.7 Å². The molecule has 0 radical (unpaired) electrons. The Morgan fingerprint density at radius 2 is 1.50 bits per heavy atom. The number of benzene rings is 3. The van der Waals surface area contributed by atoms with Crippen molar-refractivity contribution in [1.29, 1.82) is 0 Å². The van der Waals surface area contributed by atoms with Crippen molar-refractivity contribution in [1.82, 2.24) is 5.32 Å². The quantitative estimate of drug-likeness (QED) is 0.156. The van der Waals surface area contributed by atoms with Gasteiger partial charge >= 0.3 is 22.5 Å². The molecule has 0 atom stereocenters. The van der Waals surface area contributed by atoms with E-state index in [-0.39, 0.29) is 37.4 Å². The number of ether oxygens (including phenoxy) is 1. The largest absolute Gasteiger partial charge is 0.488 e. The zero-order chi connectivity index (χ0) is 31.0. The number of thioether (sulfide) groups is 1. The second-order valence-corrected chi connectivity index (χ2v) is 12.1. The molecule has 4 rings (SSSR count). The normalized spacial score (nSPS) is 15.2. The highest BCUT2D eigenvalue weighted by Gasteiger charge is 2.37. The van der Waals surface area contributed by atoms with Crippen molar-refractivity contribution in [2.24, 2.45) is 0 Å². The lowest BCUT2D eigenvalue weighted by Gasteiger charge is -2.17. The second-order valence-electron chi connectivity index (χ2n) is 8.73. The number of halogens is 7. The summed E-state index contributed by atoms with van der Waals surface area (Å²) in [5.41, 5.74) is -2.81. The van der Waals surface area contributed by atoms with Crippen LogP contribution in [0, 0.1) is 6.92 Å². The Balaban J connectivity index is 1.75. The third kappa shape index (κ3) is 7.46. The molecule has 0 spiro atoms. The summed E-state index contributed by atoms with van der Waals surface area (Å²) >= 11 is 3.69. The molecule has 1 N–H and O–H groups in total. The maximum Gasteiger partial charge on any atom is 0.416 e. The van der Waals surface area contributed by atoms with Crippen LogP contribution >= 0.6 is 27.7 Å². The third-order valence-corrected chi connectivity index (χ3v) is 8.22. The second kappa shape index (κ2) is 11.6. The van der Waals surface area contributed by atoms with E-state index in [9.17, 15) is 44.3 Å². The van der Waals surface area contributed by atoms with Crippen molar-refractivity contribution in [2.45, 2.75) is 30.8 Å². The summed E-state index contributed by atoms with van der Waals surface area (Å²) in [4.78, 5) is 23.4. The van der Waals surface area contributed by atoms with Gasteiger partial charge < -0.3 is 8.92 Å². The first-order valence-corrected chi connectivity index (χ1v) is 14.4. The van der Waals surface area contributed by atoms with E-state index in [0.717, 1.165) is 11.6 Å². The van der Waals surface area contributed by atoms with Crippen LogP contribution in [-0.4, -0.2) is 19.6 Å². The molecule has 1 heterocycles. The number of imide groups is 1. The van der Waals surface area contributed by atoms with E-state index >= 15 is 0 Å². The highest BCUT2D eigenvalue weighted by atomic mass is 79.9. The average Bonchev–Trinajstić information content (AvgIpc) is 3.19. The molecule has 0 saturated carbocycles. The molecule has 3 aromatic rings. The average molecular weight is 696 g/mol. The van der Waals surface area contributed by atoms with Crippen molar-refractivity contribution in [3.05, 3.63) is 91.8 Å². The molecular weight excluding hydrogens is 680 g/mol. The van der Waals surface area contributed by atoms with Crippen molar-refractivity contribution < 1.29 is 53.3 Å². The predicted octanol–water partition coefficient (Wildman–Crippen LogP) is 7.47. The Kier molecular flexibility index (Phi) is 8.72. The Bertz CT molecular complexity index is 1670. The lowest BCUT2D eigenvalue weighted by atomic mass is 10.1. The van der Waals surface area contributed by atoms with Crippen molar-refractivity contribution in [3.63, 3.8) is 0 Å². The maximum absolute atomic E-state index is 13.3. The molecule has 1 aliphatic rings. The van der Waals surface area contributed by atoms with Crippen LogP contribution < -0.4 is 14.2 Å². The molecule has 1 aliphatic heterocycles. The molecule has 16 heteroatoms. The summed E-state index contributed by atoms with van der Waals surface area (Å²) in [5, 5.41) is 1.35. The lowest BCUT2D eigenvalue weighted by Crippen LogP contribution is -2.17. The van der Waals surface area contributed by atoms with Crippen LogP contribution in [0.1, 0.15) is 27.8 Å². The number of aryl methyl sites for hydroxylation is 1. The number of hydrogen-bond acceptors (Lipinski definition) is 7. The fourth-order valence-corrected chi connectivity index (χ4v) is 5.71. The van der Waals surface area contributed by atoms with Gasteiger partial charge in [0.15, 0.2) is 5.75 Å². The fraction of sp³-hybridized carbons (Fsp3) is 0.154. The van der Waals surface area contributed by atoms with Gasteiger partial charge in [-0.3, -0.25) is 14.9 Å². The molecule has 2 amide bonds. The number of nitrogens with one attached hydrogen (secondary N) is 1. The van der Waals surface area contributed by atoms with Gasteiger partial charge in [-0.15, -0.1) is 0 Å². The number of amides is 2. The van der Waals surface area contributed by atoms with Crippen LogP contribution in [0.2, 0.25) is 0 Å². The first-order chi connectivity index (χ1) is 19.4. The topological polar surface area (TPSA) is 98.8 Å². The van der Waals surface area contributed by atoms with E-state index in [2.05, 4.69) is 15.9 Å². The van der Waals surface area contributed by atoms with Crippen LogP contribution in [0.3, 0.4) is 0 Å². The zero-order valence-corrected chi connectivity index (χ0v) is 24.1. The minimum absolute atomic E-state index is 0.0253. The number of alkyl halides is 6. The number of rotatable bonds is 7. The van der Waals surface area contributed by atoms with Crippen LogP contribution in [0.15, 0.2) is 68.9 Å². The highest BCUT2D eigenvalue weighted by Crippen LogP contribution is 2.39. The van der Waals surface area contributed by atoms with E-state index in [4.69, 9.17) is 8.92 Å². The molecule has 222 valence electrons. The van der Waals surface area contributed by atoms with Gasteiger partial charge in [0.05, 0.1) is 20.5 Å². The Morgan fingerprint density at radius 1 is 0.905 bits per heavy atom. The SMILES string of the molecule is Cc1ccc(S(=O)(=O)Oc2cc(OCc3cc(C(F)(F)F)cc(C(F)(F)F)c3)c(/C=C3\SC(=O)NC3=O)cc2Br)cc1. The van der Waals surface area contributed by atoms with Crippen LogP contribution in [0.4, 0.5) is 31.1 Å². The smallest absolute Gasteiger partial charge is 0.416 e. The first kappa shape index (κ1) is 31.4. The molecule has 0 bridgehead atoms. The molecule has 3 aromatic carbocycles. The maximum atomic E-state index is 13.3. The summed E-state index contributed by atoms with van der Waals surface area (Å²) in [7, 11) is -4.40. The number of carbonyl (C=O) groups excluding carboxylic acids is 2. The van der Waals surface area contributed by atoms with Gasteiger partial charge in [-0.05, 0) is 82.7 Å². The summed E-state index contributed by atoms with van der Waals surface area (Å²) in [6.07, 6.45) is -9.00. The Labute approximate surface area is 247 Å². The standard InChI is InChI=1S/C26H16BrF6NO6S2/c1-13-2-4-18(5-3-13)42(37,38)40-21-11-20(15(8-19(21)27)9-22-23(35)34-24(36)41-22)39-12-14-6-16(25(28,29)30)10-17(7-14)26(31,32)33/h2-11H,12H2,1H3,(H,34,35,36)/b22-9-. The molecule has 0 aromatic heterocycles. The van der Waals surface area contributed by atoms with Crippen LogP contribution in [0.25, 0.3) is 6.08 Å². The van der Waals surface area contributed by atoms with Gasteiger partial charge in [-0.25, -0.2) is 0 Å². The third-order valence-electron chi connectivity index (χ3n) is 5.54. The van der Waals surface area contributed by atoms with Crippen molar-refractivity contribution in [3.8, 4) is 11.5 Å². The molecule has 1 saturated heterocycles. The Hall–Kier alpha value is -3.50. The van der Waals surface area contributed by atoms with Gasteiger partial charge in [0.1, 0.15) is 17.3 Å². The van der Waals surface area contributed by atoms with E-state index in [1.807, 2.05) is 5.32 Å². The minimum Gasteiger partial charge on any atom is -0.488 e. The molecule has 42 heavy (non-hydrogen) atoms. The van der Waals surface area contributed by atoms with E-state index in [1.165, 1.54) is 36.4 Å². The van der Waals surface area contributed by atoms with Gasteiger partial charge in [0, 0.05) is 11.6 Å². The minimum atomic E-state index is -5.09. The molecule has 1 fully saturated rings. The monoisotopic (exact) mass is 695 g/mol. The lowest BCUT2D eigenvalue weighted by molar-refractivity contribution is -0.143. The summed E-state index contributed by atoms with van der Waals surface area (Å²) < 4.78 is 116. The zero-order valence-electron chi connectivity index (χ0n) is 20.9. The van der Waals surface area contributed by atoms with Crippen LogP contribution in [-0.2, 0) is 33.9 Å².